The van der Waals surface area contributed by atoms with E-state index < -0.39 is 6.10 Å². The topological polar surface area (TPSA) is 78.9 Å². The van der Waals surface area contributed by atoms with E-state index in [1.165, 1.54) is 51.4 Å². The summed E-state index contributed by atoms with van der Waals surface area (Å²) in [4.78, 5) is 38.2. The molecule has 0 saturated carbocycles. The molecule has 1 atom stereocenters. The quantitative estimate of drug-likeness (QED) is 0.0262. The van der Waals surface area contributed by atoms with E-state index in [0.717, 1.165) is 141 Å². The molecule has 0 spiro atoms. The zero-order valence-corrected chi connectivity index (χ0v) is 45.7. The number of esters is 3. The molecule has 0 saturated heterocycles. The molecule has 0 aliphatic carbocycles. The number of allylic oxidation sites excluding steroid dienone is 22. The van der Waals surface area contributed by atoms with E-state index in [1.54, 1.807) is 0 Å². The van der Waals surface area contributed by atoms with E-state index >= 15 is 0 Å². The van der Waals surface area contributed by atoms with Crippen molar-refractivity contribution in [2.45, 2.75) is 245 Å². The van der Waals surface area contributed by atoms with Crippen molar-refractivity contribution in [3.8, 4) is 0 Å². The number of carbonyl (C=O) groups excluding carboxylic acids is 3. The molecule has 6 nitrogen and oxygen atoms in total. The third kappa shape index (κ3) is 56.3. The number of carbonyl (C=O) groups is 3. The Balaban J connectivity index is 4.53. The summed E-state index contributed by atoms with van der Waals surface area (Å²) in [6.45, 7) is 6.32. The molecular formula is C65H104O6. The zero-order valence-electron chi connectivity index (χ0n) is 45.7. The zero-order chi connectivity index (χ0) is 51.4. The van der Waals surface area contributed by atoms with Crippen LogP contribution in [0.2, 0.25) is 0 Å². The number of hydrogen-bond donors (Lipinski definition) is 0. The smallest absolute Gasteiger partial charge is 0.306 e. The van der Waals surface area contributed by atoms with Crippen LogP contribution in [0.3, 0.4) is 0 Å². The maximum Gasteiger partial charge on any atom is 0.306 e. The van der Waals surface area contributed by atoms with Gasteiger partial charge in [0.25, 0.3) is 0 Å². The maximum atomic E-state index is 12.8. The minimum absolute atomic E-state index is 0.118. The van der Waals surface area contributed by atoms with Crippen molar-refractivity contribution in [1.29, 1.82) is 0 Å². The highest BCUT2D eigenvalue weighted by Crippen LogP contribution is 2.13. The molecule has 0 bridgehead atoms. The highest BCUT2D eigenvalue weighted by Gasteiger charge is 2.19. The summed E-state index contributed by atoms with van der Waals surface area (Å²) in [6.07, 6.45) is 81.6. The number of rotatable bonds is 50. The van der Waals surface area contributed by atoms with Crippen molar-refractivity contribution in [2.24, 2.45) is 0 Å². The first kappa shape index (κ1) is 66.6. The molecule has 6 heteroatoms. The van der Waals surface area contributed by atoms with Crippen LogP contribution in [0.15, 0.2) is 134 Å². The molecule has 71 heavy (non-hydrogen) atoms. The van der Waals surface area contributed by atoms with Crippen LogP contribution < -0.4 is 0 Å². The summed E-state index contributed by atoms with van der Waals surface area (Å²) in [6, 6.07) is 0. The second-order valence-corrected chi connectivity index (χ2v) is 18.4. The van der Waals surface area contributed by atoms with Crippen molar-refractivity contribution in [3.05, 3.63) is 134 Å². The Bertz CT molecular complexity index is 1550. The van der Waals surface area contributed by atoms with E-state index in [0.29, 0.717) is 19.3 Å². The molecule has 0 aromatic heterocycles. The molecular weight excluding hydrogens is 877 g/mol. The minimum Gasteiger partial charge on any atom is -0.462 e. The Morgan fingerprint density at radius 2 is 0.563 bits per heavy atom. The Labute approximate surface area is 436 Å². The van der Waals surface area contributed by atoms with Gasteiger partial charge in [0.05, 0.1) is 0 Å². The fourth-order valence-electron chi connectivity index (χ4n) is 7.38. The molecule has 0 aromatic rings. The summed E-state index contributed by atoms with van der Waals surface area (Å²) >= 11 is 0. The Hall–Kier alpha value is -4.45. The number of unbranched alkanes of at least 4 members (excludes halogenated alkanes) is 17. The van der Waals surface area contributed by atoms with E-state index in [-0.39, 0.29) is 37.5 Å². The van der Waals surface area contributed by atoms with E-state index in [4.69, 9.17) is 14.2 Å². The summed E-state index contributed by atoms with van der Waals surface area (Å²) in [5.41, 5.74) is 0. The van der Waals surface area contributed by atoms with Crippen LogP contribution in [-0.4, -0.2) is 37.2 Å². The average Bonchev–Trinajstić information content (AvgIpc) is 3.37. The summed E-state index contributed by atoms with van der Waals surface area (Å²) in [5, 5.41) is 0. The molecule has 0 aromatic carbocycles. The molecule has 0 heterocycles. The van der Waals surface area contributed by atoms with E-state index in [2.05, 4.69) is 154 Å². The summed E-state index contributed by atoms with van der Waals surface area (Å²) in [7, 11) is 0. The van der Waals surface area contributed by atoms with Gasteiger partial charge in [-0.1, -0.05) is 225 Å². The second-order valence-electron chi connectivity index (χ2n) is 18.4. The third-order valence-electron chi connectivity index (χ3n) is 11.6. The normalized spacial score (nSPS) is 13.1. The van der Waals surface area contributed by atoms with Crippen molar-refractivity contribution < 1.29 is 28.6 Å². The van der Waals surface area contributed by atoms with Crippen molar-refractivity contribution in [2.75, 3.05) is 13.2 Å². The van der Waals surface area contributed by atoms with Crippen LogP contribution in [0.1, 0.15) is 239 Å². The van der Waals surface area contributed by atoms with Gasteiger partial charge in [-0.25, -0.2) is 0 Å². The number of ether oxygens (including phenoxy) is 3. The lowest BCUT2D eigenvalue weighted by atomic mass is 10.1. The fraction of sp³-hybridized carbons (Fsp3) is 0.615. The fourth-order valence-corrected chi connectivity index (χ4v) is 7.38. The Kier molecular flexibility index (Phi) is 54.5. The Morgan fingerprint density at radius 3 is 0.901 bits per heavy atom. The van der Waals surface area contributed by atoms with Gasteiger partial charge in [-0.05, 0) is 128 Å². The van der Waals surface area contributed by atoms with E-state index in [1.807, 2.05) is 0 Å². The lowest BCUT2D eigenvalue weighted by molar-refractivity contribution is -0.167. The van der Waals surface area contributed by atoms with Gasteiger partial charge in [0.1, 0.15) is 13.2 Å². The predicted molar refractivity (Wildman–Crippen MR) is 306 cm³/mol. The first-order valence-corrected chi connectivity index (χ1v) is 28.7. The lowest BCUT2D eigenvalue weighted by Crippen LogP contribution is -2.30. The van der Waals surface area contributed by atoms with Crippen LogP contribution in [0.4, 0.5) is 0 Å². The van der Waals surface area contributed by atoms with Crippen LogP contribution in [0, 0.1) is 0 Å². The SMILES string of the molecule is CC/C=C\C/C=C\C/C=C\C/C=C\C/C=C\CCCC(=O)OC(COC(=O)CCCCCCC/C=C\C/C=C\C/C=C\CC)COC(=O)CCCCCCCC/C=C\C/C=C\C/C=C\CCCCCCC. The van der Waals surface area contributed by atoms with E-state index in [9.17, 15) is 14.4 Å². The molecule has 0 rings (SSSR count). The molecule has 0 aliphatic heterocycles. The predicted octanol–water partition coefficient (Wildman–Crippen LogP) is 19.4. The molecule has 0 fully saturated rings. The molecule has 0 N–H and O–H groups in total. The second kappa shape index (κ2) is 58.1. The van der Waals surface area contributed by atoms with Gasteiger partial charge in [0.2, 0.25) is 0 Å². The van der Waals surface area contributed by atoms with Gasteiger partial charge in [0, 0.05) is 19.3 Å². The molecule has 0 aliphatic rings. The average molecular weight is 982 g/mol. The van der Waals surface area contributed by atoms with Gasteiger partial charge in [-0.15, -0.1) is 0 Å². The monoisotopic (exact) mass is 981 g/mol. The van der Waals surface area contributed by atoms with Gasteiger partial charge >= 0.3 is 17.9 Å². The largest absolute Gasteiger partial charge is 0.462 e. The third-order valence-corrected chi connectivity index (χ3v) is 11.6. The van der Waals surface area contributed by atoms with Gasteiger partial charge in [-0.3, -0.25) is 14.4 Å². The molecule has 1 unspecified atom stereocenters. The highest BCUT2D eigenvalue weighted by atomic mass is 16.6. The Morgan fingerprint density at radius 1 is 0.296 bits per heavy atom. The molecule has 400 valence electrons. The highest BCUT2D eigenvalue weighted by molar-refractivity contribution is 5.71. The van der Waals surface area contributed by atoms with Gasteiger partial charge in [0.15, 0.2) is 6.10 Å². The first-order chi connectivity index (χ1) is 35.0. The maximum absolute atomic E-state index is 12.8. The number of hydrogen-bond acceptors (Lipinski definition) is 6. The molecule has 0 radical (unpaired) electrons. The van der Waals surface area contributed by atoms with Crippen LogP contribution in [0.25, 0.3) is 0 Å². The minimum atomic E-state index is -0.826. The van der Waals surface area contributed by atoms with Crippen LogP contribution in [0.5, 0.6) is 0 Å². The lowest BCUT2D eigenvalue weighted by Gasteiger charge is -2.18. The summed E-state index contributed by atoms with van der Waals surface area (Å²) in [5.74, 6) is -1.01. The van der Waals surface area contributed by atoms with Crippen LogP contribution >= 0.6 is 0 Å². The molecule has 0 amide bonds. The summed E-state index contributed by atoms with van der Waals surface area (Å²) < 4.78 is 16.8. The van der Waals surface area contributed by atoms with Crippen molar-refractivity contribution >= 4 is 17.9 Å². The van der Waals surface area contributed by atoms with Crippen molar-refractivity contribution in [1.82, 2.24) is 0 Å². The van der Waals surface area contributed by atoms with Gasteiger partial charge in [-0.2, -0.15) is 0 Å². The first-order valence-electron chi connectivity index (χ1n) is 28.7. The van der Waals surface area contributed by atoms with Crippen molar-refractivity contribution in [3.63, 3.8) is 0 Å². The standard InChI is InChI=1S/C65H104O6/c1-4-7-10-13-16-19-22-25-28-30-31-32-33-35-37-40-43-46-49-52-55-58-64(67)70-61-62(60-69-63(66)57-54-51-48-45-42-39-36-27-24-21-18-15-12-9-6-3)71-65(68)59-56-53-50-47-44-41-38-34-29-26-23-20-17-14-11-8-5-2/h8-9,11-12,17-18,20-22,25-27,29-31,33,35-36,38,41,47,50,62H,4-7,10,13-16,19,23-24,28,32,34,37,39-40,42-46,48-49,51-61H2,1-3H3/b11-8-,12-9-,20-17-,21-18-,25-22-,29-26-,31-30-,35-33-,36-27-,41-38-,50-47-. The van der Waals surface area contributed by atoms with Gasteiger partial charge < -0.3 is 14.2 Å². The van der Waals surface area contributed by atoms with Crippen LogP contribution in [-0.2, 0) is 28.6 Å².